The number of rotatable bonds is 11. The van der Waals surface area contributed by atoms with Gasteiger partial charge in [-0.25, -0.2) is 10.2 Å². The lowest BCUT2D eigenvalue weighted by Gasteiger charge is -2.18. The number of ether oxygens (including phenoxy) is 1. The van der Waals surface area contributed by atoms with E-state index in [0.717, 1.165) is 35.2 Å². The molecule has 6 heteroatoms. The van der Waals surface area contributed by atoms with E-state index in [2.05, 4.69) is 16.2 Å². The molecule has 0 unspecified atom stereocenters. The van der Waals surface area contributed by atoms with Crippen LogP contribution in [0.5, 0.6) is 0 Å². The Hall–Kier alpha value is -2.99. The summed E-state index contributed by atoms with van der Waals surface area (Å²) in [6.45, 7) is 8.05. The molecule has 1 aromatic rings. The van der Waals surface area contributed by atoms with E-state index in [9.17, 15) is 9.90 Å². The summed E-state index contributed by atoms with van der Waals surface area (Å²) in [5, 5.41) is 13.0. The fourth-order valence-corrected chi connectivity index (χ4v) is 2.75. The molecule has 0 bridgehead atoms. The Labute approximate surface area is 180 Å². The van der Waals surface area contributed by atoms with Gasteiger partial charge in [-0.1, -0.05) is 62.8 Å². The predicted molar refractivity (Wildman–Crippen MR) is 122 cm³/mol. The van der Waals surface area contributed by atoms with Gasteiger partial charge in [-0.05, 0) is 49.5 Å². The van der Waals surface area contributed by atoms with Gasteiger partial charge in [0.2, 0.25) is 0 Å². The summed E-state index contributed by atoms with van der Waals surface area (Å²) in [5.41, 5.74) is 10.1. The Morgan fingerprint density at radius 1 is 1.10 bits per heavy atom. The second kappa shape index (κ2) is 14.1. The number of carbonyl (C=O) groups is 1. The van der Waals surface area contributed by atoms with Crippen LogP contribution in [0.15, 0.2) is 76.9 Å². The molecule has 30 heavy (non-hydrogen) atoms. The molecule has 0 saturated carbocycles. The van der Waals surface area contributed by atoms with Gasteiger partial charge < -0.3 is 15.3 Å². The summed E-state index contributed by atoms with van der Waals surface area (Å²) in [6, 6.07) is 9.54. The van der Waals surface area contributed by atoms with Crippen molar-refractivity contribution in [2.24, 2.45) is 0 Å². The van der Waals surface area contributed by atoms with Crippen LogP contribution in [0.4, 0.5) is 4.79 Å². The summed E-state index contributed by atoms with van der Waals surface area (Å²) < 4.78 is 5.36. The van der Waals surface area contributed by atoms with Crippen LogP contribution in [-0.4, -0.2) is 18.2 Å². The second-order valence-electron chi connectivity index (χ2n) is 6.86. The SMILES string of the molecule is CC/C=C(C)/C(O)=C\C=C(C)\C(NNC)=C(\CCC)NC(=O)OCc1ccccc1. The quantitative estimate of drug-likeness (QED) is 0.222. The zero-order chi connectivity index (χ0) is 22.4. The number of nitrogens with one attached hydrogen (secondary N) is 3. The average molecular weight is 414 g/mol. The first-order chi connectivity index (χ1) is 14.4. The molecule has 0 aromatic heterocycles. The lowest BCUT2D eigenvalue weighted by atomic mass is 10.1. The molecule has 0 spiro atoms. The van der Waals surface area contributed by atoms with Crippen LogP contribution in [0.2, 0.25) is 0 Å². The van der Waals surface area contributed by atoms with E-state index in [-0.39, 0.29) is 12.4 Å². The highest BCUT2D eigenvalue weighted by atomic mass is 16.5. The van der Waals surface area contributed by atoms with E-state index in [0.29, 0.717) is 12.1 Å². The fourth-order valence-electron chi connectivity index (χ4n) is 2.75. The number of amides is 1. The number of aliphatic hydroxyl groups excluding tert-OH is 1. The first-order valence-electron chi connectivity index (χ1n) is 10.3. The van der Waals surface area contributed by atoms with Gasteiger partial charge in [0.1, 0.15) is 12.4 Å². The molecule has 0 saturated heterocycles. The van der Waals surface area contributed by atoms with Crippen molar-refractivity contribution >= 4 is 6.09 Å². The first-order valence-corrected chi connectivity index (χ1v) is 10.3. The van der Waals surface area contributed by atoms with Crippen LogP contribution in [0.3, 0.4) is 0 Å². The van der Waals surface area contributed by atoms with Crippen molar-refractivity contribution < 1.29 is 14.6 Å². The highest BCUT2D eigenvalue weighted by molar-refractivity contribution is 5.70. The highest BCUT2D eigenvalue weighted by Crippen LogP contribution is 2.16. The maximum Gasteiger partial charge on any atom is 0.411 e. The van der Waals surface area contributed by atoms with Gasteiger partial charge in [-0.3, -0.25) is 5.32 Å². The fraction of sp³-hybridized carbons (Fsp3) is 0.375. The number of aliphatic hydroxyl groups is 1. The second-order valence-corrected chi connectivity index (χ2v) is 6.86. The van der Waals surface area contributed by atoms with Crippen molar-refractivity contribution in [2.75, 3.05) is 7.05 Å². The zero-order valence-electron chi connectivity index (χ0n) is 18.7. The maximum atomic E-state index is 12.4. The molecule has 6 nitrogen and oxygen atoms in total. The molecular formula is C24H35N3O3. The average Bonchev–Trinajstić information content (AvgIpc) is 2.74. The maximum absolute atomic E-state index is 12.4. The van der Waals surface area contributed by atoms with Crippen LogP contribution in [0.25, 0.3) is 0 Å². The predicted octanol–water partition coefficient (Wildman–Crippen LogP) is 5.39. The third kappa shape index (κ3) is 9.01. The van der Waals surface area contributed by atoms with Gasteiger partial charge in [-0.15, -0.1) is 0 Å². The van der Waals surface area contributed by atoms with Crippen LogP contribution in [0, 0.1) is 0 Å². The molecule has 0 aliphatic carbocycles. The molecule has 1 aromatic carbocycles. The van der Waals surface area contributed by atoms with Crippen molar-refractivity contribution in [2.45, 2.75) is 53.6 Å². The van der Waals surface area contributed by atoms with Crippen LogP contribution in [0.1, 0.15) is 52.5 Å². The lowest BCUT2D eigenvalue weighted by molar-refractivity contribution is 0.142. The minimum Gasteiger partial charge on any atom is -0.508 e. The Bertz CT molecular complexity index is 793. The highest BCUT2D eigenvalue weighted by Gasteiger charge is 2.12. The van der Waals surface area contributed by atoms with E-state index in [4.69, 9.17) is 4.74 Å². The number of benzene rings is 1. The minimum atomic E-state index is -0.509. The topological polar surface area (TPSA) is 82.6 Å². The smallest absolute Gasteiger partial charge is 0.411 e. The Kier molecular flexibility index (Phi) is 11.7. The van der Waals surface area contributed by atoms with Crippen molar-refractivity contribution in [1.29, 1.82) is 0 Å². The van der Waals surface area contributed by atoms with Gasteiger partial charge in [0.25, 0.3) is 0 Å². The number of hydrogen-bond acceptors (Lipinski definition) is 5. The minimum absolute atomic E-state index is 0.204. The number of carbonyl (C=O) groups excluding carboxylic acids is 1. The zero-order valence-corrected chi connectivity index (χ0v) is 18.7. The lowest BCUT2D eigenvalue weighted by Crippen LogP contribution is -2.33. The Morgan fingerprint density at radius 2 is 1.80 bits per heavy atom. The summed E-state index contributed by atoms with van der Waals surface area (Å²) >= 11 is 0. The number of hydrogen-bond donors (Lipinski definition) is 4. The first kappa shape index (κ1) is 25.0. The van der Waals surface area contributed by atoms with E-state index >= 15 is 0 Å². The van der Waals surface area contributed by atoms with Crippen LogP contribution >= 0.6 is 0 Å². The summed E-state index contributed by atoms with van der Waals surface area (Å²) in [5.74, 6) is 0.215. The molecule has 0 aliphatic rings. The van der Waals surface area contributed by atoms with Crippen molar-refractivity contribution in [1.82, 2.24) is 16.2 Å². The van der Waals surface area contributed by atoms with Crippen LogP contribution < -0.4 is 16.2 Å². The molecule has 4 N–H and O–H groups in total. The number of alkyl carbamates (subject to hydrolysis) is 1. The van der Waals surface area contributed by atoms with Gasteiger partial charge in [0.15, 0.2) is 0 Å². The summed E-state index contributed by atoms with van der Waals surface area (Å²) in [6.07, 6.45) is 7.28. The van der Waals surface area contributed by atoms with Crippen molar-refractivity contribution in [3.63, 3.8) is 0 Å². The van der Waals surface area contributed by atoms with Gasteiger partial charge >= 0.3 is 6.09 Å². The van der Waals surface area contributed by atoms with E-state index in [1.165, 1.54) is 0 Å². The molecule has 164 valence electrons. The van der Waals surface area contributed by atoms with Crippen molar-refractivity contribution in [3.05, 3.63) is 82.4 Å². The Balaban J connectivity index is 3.03. The van der Waals surface area contributed by atoms with E-state index < -0.39 is 6.09 Å². The molecule has 0 radical (unpaired) electrons. The molecule has 0 fully saturated rings. The Morgan fingerprint density at radius 3 is 2.40 bits per heavy atom. The molecule has 0 atom stereocenters. The number of hydrazine groups is 1. The van der Waals surface area contributed by atoms with E-state index in [1.54, 1.807) is 13.1 Å². The van der Waals surface area contributed by atoms with Gasteiger partial charge in [0, 0.05) is 12.7 Å². The summed E-state index contributed by atoms with van der Waals surface area (Å²) in [7, 11) is 1.76. The third-order valence-corrected chi connectivity index (χ3v) is 4.32. The van der Waals surface area contributed by atoms with Crippen LogP contribution in [-0.2, 0) is 11.3 Å². The largest absolute Gasteiger partial charge is 0.508 e. The standard InChI is InChI=1S/C24H35N3O3/c1-6-11-18(3)22(28)16-15-19(4)23(27-25-5)21(12-7-2)26-24(29)30-17-20-13-9-8-10-14-20/h8-11,13-16,25,27-28H,6-7,12,17H2,1-5H3,(H,26,29)/b18-11+,19-15+,22-16+,23-21+. The van der Waals surface area contributed by atoms with Gasteiger partial charge in [0.05, 0.1) is 5.70 Å². The normalized spacial score (nSPS) is 13.6. The molecule has 0 heterocycles. The van der Waals surface area contributed by atoms with Crippen molar-refractivity contribution in [3.8, 4) is 0 Å². The molecular weight excluding hydrogens is 378 g/mol. The monoisotopic (exact) mass is 413 g/mol. The van der Waals surface area contributed by atoms with Gasteiger partial charge in [-0.2, -0.15) is 0 Å². The molecule has 1 rings (SSSR count). The molecule has 0 aliphatic heterocycles. The number of allylic oxidation sites excluding steroid dienone is 6. The van der Waals surface area contributed by atoms with E-state index in [1.807, 2.05) is 70.2 Å². The molecule has 1 amide bonds. The summed E-state index contributed by atoms with van der Waals surface area (Å²) in [4.78, 5) is 12.4. The third-order valence-electron chi connectivity index (χ3n) is 4.32.